The van der Waals surface area contributed by atoms with Crippen molar-refractivity contribution < 1.29 is 13.9 Å². The zero-order valence-electron chi connectivity index (χ0n) is 19.1. The molecule has 1 amide bonds. The lowest BCUT2D eigenvalue weighted by Gasteiger charge is -2.25. The summed E-state index contributed by atoms with van der Waals surface area (Å²) in [6.45, 7) is 1.79. The molecule has 10 heteroatoms. The Kier molecular flexibility index (Phi) is 6.83. The first kappa shape index (κ1) is 24.5. The number of thiazole rings is 1. The molecule has 1 atom stereocenters. The standard InChI is InChI=1S/C26H19Br2N3O4S/c1-14-21(24(32)30-16-6-4-3-5-7-16)22(15-8-10-17(34-2)11-9-15)31-25(33)20(36-26(31)29-14)13-18-12-19(27)23(28)35-18/h3-13,22H,1-2H3,(H,30,32)/t22-/m0/s1. The number of benzene rings is 2. The number of hydrogen-bond acceptors (Lipinski definition) is 6. The highest BCUT2D eigenvalue weighted by atomic mass is 79.9. The lowest BCUT2D eigenvalue weighted by molar-refractivity contribution is -0.113. The molecule has 1 N–H and O–H groups in total. The average molecular weight is 629 g/mol. The summed E-state index contributed by atoms with van der Waals surface area (Å²) in [5.74, 6) is 0.866. The lowest BCUT2D eigenvalue weighted by Crippen LogP contribution is -2.40. The number of amides is 1. The van der Waals surface area contributed by atoms with Crippen molar-refractivity contribution in [1.82, 2.24) is 4.57 Å². The van der Waals surface area contributed by atoms with Crippen LogP contribution in [0, 0.1) is 0 Å². The van der Waals surface area contributed by atoms with E-state index in [-0.39, 0.29) is 11.5 Å². The summed E-state index contributed by atoms with van der Waals surface area (Å²) in [4.78, 5) is 32.4. The van der Waals surface area contributed by atoms with Crippen LogP contribution in [0.5, 0.6) is 5.75 Å². The number of nitrogens with one attached hydrogen (secondary N) is 1. The summed E-state index contributed by atoms with van der Waals surface area (Å²) in [7, 11) is 1.59. The van der Waals surface area contributed by atoms with Crippen molar-refractivity contribution in [2.45, 2.75) is 13.0 Å². The van der Waals surface area contributed by atoms with Crippen LogP contribution in [0.25, 0.3) is 6.08 Å². The van der Waals surface area contributed by atoms with E-state index in [1.807, 2.05) is 54.6 Å². The van der Waals surface area contributed by atoms with Gasteiger partial charge in [-0.2, -0.15) is 0 Å². The smallest absolute Gasteiger partial charge is 0.271 e. The number of halogens is 2. The number of fused-ring (bicyclic) bond motifs is 1. The van der Waals surface area contributed by atoms with Crippen LogP contribution in [0.15, 0.2) is 95.3 Å². The van der Waals surface area contributed by atoms with Gasteiger partial charge in [-0.3, -0.25) is 14.2 Å². The number of furan rings is 1. The Labute approximate surface area is 226 Å². The molecule has 5 rings (SSSR count). The molecule has 1 aliphatic heterocycles. The molecule has 0 aliphatic carbocycles. The van der Waals surface area contributed by atoms with Gasteiger partial charge < -0.3 is 14.5 Å². The molecule has 0 saturated heterocycles. The quantitative estimate of drug-likeness (QED) is 0.337. The monoisotopic (exact) mass is 627 g/mol. The van der Waals surface area contributed by atoms with Crippen molar-refractivity contribution in [1.29, 1.82) is 0 Å². The maximum Gasteiger partial charge on any atom is 0.271 e. The lowest BCUT2D eigenvalue weighted by atomic mass is 9.95. The van der Waals surface area contributed by atoms with Gasteiger partial charge in [0.2, 0.25) is 0 Å². The van der Waals surface area contributed by atoms with Gasteiger partial charge >= 0.3 is 0 Å². The number of ether oxygens (including phenoxy) is 1. The Balaban J connectivity index is 1.67. The highest BCUT2D eigenvalue weighted by molar-refractivity contribution is 9.13. The normalized spacial score (nSPS) is 15.4. The van der Waals surface area contributed by atoms with Crippen molar-refractivity contribution in [3.05, 3.63) is 112 Å². The minimum atomic E-state index is -0.673. The van der Waals surface area contributed by atoms with Crippen molar-refractivity contribution in [3.63, 3.8) is 0 Å². The molecule has 0 spiro atoms. The molecule has 0 unspecified atom stereocenters. The minimum Gasteiger partial charge on any atom is -0.497 e. The van der Waals surface area contributed by atoms with Gasteiger partial charge in [0.1, 0.15) is 11.5 Å². The fourth-order valence-corrected chi connectivity index (χ4v) is 5.63. The third-order valence-corrected chi connectivity index (χ3v) is 8.36. The van der Waals surface area contributed by atoms with E-state index in [1.54, 1.807) is 30.7 Å². The molecule has 0 saturated carbocycles. The number of hydrogen-bond donors (Lipinski definition) is 1. The number of aromatic nitrogens is 1. The maximum atomic E-state index is 13.7. The molecule has 3 heterocycles. The molecule has 0 bridgehead atoms. The minimum absolute atomic E-state index is 0.263. The Hall–Kier alpha value is -3.21. The SMILES string of the molecule is COc1ccc([C@H]2C(C(=O)Nc3ccccc3)=C(C)N=c3sc(=Cc4cc(Br)c(Br)o4)c(=O)n32)cc1. The predicted molar refractivity (Wildman–Crippen MR) is 146 cm³/mol. The van der Waals surface area contributed by atoms with E-state index < -0.39 is 6.04 Å². The highest BCUT2D eigenvalue weighted by Gasteiger charge is 2.32. The van der Waals surface area contributed by atoms with Crippen LogP contribution in [-0.4, -0.2) is 17.6 Å². The number of nitrogens with zero attached hydrogens (tertiary/aromatic N) is 2. The molecule has 0 fully saturated rings. The molecule has 36 heavy (non-hydrogen) atoms. The van der Waals surface area contributed by atoms with Crippen LogP contribution in [0.1, 0.15) is 24.3 Å². The number of carbonyl (C=O) groups is 1. The molecular weight excluding hydrogens is 610 g/mol. The summed E-state index contributed by atoms with van der Waals surface area (Å²) in [5.41, 5.74) is 2.09. The van der Waals surface area contributed by atoms with Crippen LogP contribution >= 0.6 is 43.2 Å². The van der Waals surface area contributed by atoms with Crippen LogP contribution in [0.3, 0.4) is 0 Å². The first-order valence-corrected chi connectivity index (χ1v) is 13.2. The summed E-state index contributed by atoms with van der Waals surface area (Å²) in [6.07, 6.45) is 1.67. The van der Waals surface area contributed by atoms with Crippen molar-refractivity contribution in [3.8, 4) is 5.75 Å². The number of anilines is 1. The Bertz CT molecular complexity index is 1650. The van der Waals surface area contributed by atoms with Gasteiger partial charge in [-0.1, -0.05) is 41.7 Å². The first-order valence-electron chi connectivity index (χ1n) is 10.8. The van der Waals surface area contributed by atoms with Crippen molar-refractivity contribution in [2.24, 2.45) is 4.99 Å². The molecule has 182 valence electrons. The highest BCUT2D eigenvalue weighted by Crippen LogP contribution is 2.32. The van der Waals surface area contributed by atoms with Crippen molar-refractivity contribution >= 4 is 60.9 Å². The molecule has 0 radical (unpaired) electrons. The number of para-hydroxylation sites is 1. The number of rotatable bonds is 5. The van der Waals surface area contributed by atoms with Crippen LogP contribution in [0.2, 0.25) is 0 Å². The predicted octanol–water partition coefficient (Wildman–Crippen LogP) is 5.00. The van der Waals surface area contributed by atoms with Gasteiger partial charge in [-0.25, -0.2) is 4.99 Å². The zero-order chi connectivity index (χ0) is 25.4. The van der Waals surface area contributed by atoms with Gasteiger partial charge in [-0.15, -0.1) is 0 Å². The first-order chi connectivity index (χ1) is 17.4. The van der Waals surface area contributed by atoms with E-state index in [9.17, 15) is 9.59 Å². The molecule has 4 aromatic rings. The number of allylic oxidation sites excluding steroid dienone is 1. The maximum absolute atomic E-state index is 13.7. The largest absolute Gasteiger partial charge is 0.497 e. The average Bonchev–Trinajstić information content (AvgIpc) is 3.35. The fraction of sp³-hybridized carbons (Fsp3) is 0.115. The molecule has 2 aromatic carbocycles. The van der Waals surface area contributed by atoms with Crippen molar-refractivity contribution in [2.75, 3.05) is 12.4 Å². The van der Waals surface area contributed by atoms with E-state index in [1.165, 1.54) is 11.3 Å². The summed E-state index contributed by atoms with van der Waals surface area (Å²) < 4.78 is 14.2. The Morgan fingerprint density at radius 3 is 2.53 bits per heavy atom. The fourth-order valence-electron chi connectivity index (χ4n) is 4.00. The van der Waals surface area contributed by atoms with Gasteiger partial charge in [0.15, 0.2) is 9.47 Å². The second kappa shape index (κ2) is 10.0. The molecule has 2 aromatic heterocycles. The Morgan fingerprint density at radius 2 is 1.89 bits per heavy atom. The third kappa shape index (κ3) is 4.63. The summed E-state index contributed by atoms with van der Waals surface area (Å²) in [5, 5.41) is 2.94. The zero-order valence-corrected chi connectivity index (χ0v) is 23.1. The van der Waals surface area contributed by atoms with E-state index >= 15 is 0 Å². The van der Waals surface area contributed by atoms with Crippen LogP contribution in [-0.2, 0) is 4.79 Å². The number of carbonyl (C=O) groups excluding carboxylic acids is 1. The Morgan fingerprint density at radius 1 is 1.17 bits per heavy atom. The van der Waals surface area contributed by atoms with E-state index in [0.29, 0.717) is 42.5 Å². The van der Waals surface area contributed by atoms with E-state index in [4.69, 9.17) is 9.15 Å². The molecular formula is C26H19Br2N3O4S. The topological polar surface area (TPSA) is 85.8 Å². The molecule has 1 aliphatic rings. The number of methoxy groups -OCH3 is 1. The second-order valence-electron chi connectivity index (χ2n) is 7.95. The van der Waals surface area contributed by atoms with Gasteiger partial charge in [0.05, 0.1) is 33.4 Å². The summed E-state index contributed by atoms with van der Waals surface area (Å²) >= 11 is 7.96. The van der Waals surface area contributed by atoms with Gasteiger partial charge in [0, 0.05) is 11.8 Å². The van der Waals surface area contributed by atoms with Crippen LogP contribution < -0.4 is 24.9 Å². The van der Waals surface area contributed by atoms with E-state index in [0.717, 1.165) is 10.0 Å². The molecule has 7 nitrogen and oxygen atoms in total. The van der Waals surface area contributed by atoms with Crippen LogP contribution in [0.4, 0.5) is 5.69 Å². The second-order valence-corrected chi connectivity index (χ2v) is 10.5. The summed E-state index contributed by atoms with van der Waals surface area (Å²) in [6, 6.07) is 17.6. The third-order valence-electron chi connectivity index (χ3n) is 5.67. The van der Waals surface area contributed by atoms with E-state index in [2.05, 4.69) is 42.2 Å². The van der Waals surface area contributed by atoms with Gasteiger partial charge in [0.25, 0.3) is 11.5 Å². The van der Waals surface area contributed by atoms with Gasteiger partial charge in [-0.05, 0) is 74.7 Å².